The van der Waals surface area contributed by atoms with Gasteiger partial charge in [-0.1, -0.05) is 29.3 Å². The van der Waals surface area contributed by atoms with Gasteiger partial charge in [0.25, 0.3) is 0 Å². The zero-order valence-electron chi connectivity index (χ0n) is 9.62. The van der Waals surface area contributed by atoms with Gasteiger partial charge in [0.1, 0.15) is 0 Å². The molecule has 1 heterocycles. The van der Waals surface area contributed by atoms with Crippen molar-refractivity contribution in [1.82, 2.24) is 10.6 Å². The van der Waals surface area contributed by atoms with E-state index in [2.05, 4.69) is 10.6 Å². The van der Waals surface area contributed by atoms with Gasteiger partial charge in [-0.2, -0.15) is 0 Å². The molecular weight excluding hydrogens is 275 g/mol. The Bertz CT molecular complexity index is 454. The predicted molar refractivity (Wildman–Crippen MR) is 70.7 cm³/mol. The number of hydrogen-bond acceptors (Lipinski definition) is 3. The number of aliphatic hydroxyl groups is 1. The molecule has 2 rings (SSSR count). The molecule has 1 aliphatic rings. The molecule has 0 radical (unpaired) electrons. The summed E-state index contributed by atoms with van der Waals surface area (Å²) in [5.41, 5.74) is 0.813. The topological polar surface area (TPSA) is 61.4 Å². The molecule has 1 saturated heterocycles. The number of carbonyl (C=O) groups excluding carboxylic acids is 1. The van der Waals surface area contributed by atoms with Crippen LogP contribution in [0.4, 0.5) is 0 Å². The highest BCUT2D eigenvalue weighted by atomic mass is 35.5. The third-order valence-electron chi connectivity index (χ3n) is 2.89. The molecule has 1 fully saturated rings. The molecule has 3 N–H and O–H groups in total. The number of benzene rings is 1. The van der Waals surface area contributed by atoms with Crippen LogP contribution in [-0.2, 0) is 11.3 Å². The minimum absolute atomic E-state index is 0.127. The van der Waals surface area contributed by atoms with Crippen LogP contribution in [0.3, 0.4) is 0 Å². The first-order chi connectivity index (χ1) is 8.56. The Hall–Kier alpha value is -0.810. The van der Waals surface area contributed by atoms with E-state index in [1.165, 1.54) is 0 Å². The first-order valence-corrected chi connectivity index (χ1v) is 6.45. The van der Waals surface area contributed by atoms with E-state index in [9.17, 15) is 9.90 Å². The highest BCUT2D eigenvalue weighted by Gasteiger charge is 2.27. The van der Waals surface area contributed by atoms with Gasteiger partial charge in [-0.3, -0.25) is 4.79 Å². The van der Waals surface area contributed by atoms with Gasteiger partial charge in [-0.25, -0.2) is 0 Å². The monoisotopic (exact) mass is 288 g/mol. The summed E-state index contributed by atoms with van der Waals surface area (Å²) in [5, 5.41) is 16.2. The van der Waals surface area contributed by atoms with Crippen molar-refractivity contribution in [2.75, 3.05) is 6.54 Å². The molecule has 2 atom stereocenters. The molecule has 6 heteroatoms. The van der Waals surface area contributed by atoms with Crippen molar-refractivity contribution < 1.29 is 9.90 Å². The van der Waals surface area contributed by atoms with Crippen LogP contribution >= 0.6 is 23.2 Å². The fourth-order valence-electron chi connectivity index (χ4n) is 1.89. The number of carbonyl (C=O) groups is 1. The SMILES string of the molecule is O=C(NCc1ccc(Cl)cc1Cl)C1CC(O)CN1. The Labute approximate surface area is 115 Å². The van der Waals surface area contributed by atoms with Crippen molar-refractivity contribution in [3.05, 3.63) is 33.8 Å². The van der Waals surface area contributed by atoms with E-state index in [0.717, 1.165) is 5.56 Å². The van der Waals surface area contributed by atoms with Gasteiger partial charge in [-0.15, -0.1) is 0 Å². The average molecular weight is 289 g/mol. The van der Waals surface area contributed by atoms with Gasteiger partial charge in [0.05, 0.1) is 12.1 Å². The molecule has 18 heavy (non-hydrogen) atoms. The Morgan fingerprint density at radius 2 is 2.28 bits per heavy atom. The predicted octanol–water partition coefficient (Wildman–Crippen LogP) is 1.33. The fraction of sp³-hybridized carbons (Fsp3) is 0.417. The van der Waals surface area contributed by atoms with Crippen LogP contribution in [-0.4, -0.2) is 29.7 Å². The van der Waals surface area contributed by atoms with Crippen LogP contribution in [0, 0.1) is 0 Å². The Kier molecular flexibility index (Phi) is 4.45. The lowest BCUT2D eigenvalue weighted by molar-refractivity contribution is -0.123. The molecule has 4 nitrogen and oxygen atoms in total. The van der Waals surface area contributed by atoms with Crippen LogP contribution < -0.4 is 10.6 Å². The summed E-state index contributed by atoms with van der Waals surface area (Å²) in [6.45, 7) is 0.808. The van der Waals surface area contributed by atoms with Gasteiger partial charge in [0.2, 0.25) is 5.91 Å². The number of amides is 1. The van der Waals surface area contributed by atoms with E-state index in [-0.39, 0.29) is 11.9 Å². The van der Waals surface area contributed by atoms with Crippen LogP contribution in [0.1, 0.15) is 12.0 Å². The standard InChI is InChI=1S/C12H14Cl2N2O2/c13-8-2-1-7(10(14)3-8)5-16-12(18)11-4-9(17)6-15-11/h1-3,9,11,15,17H,4-6H2,(H,16,18). The third-order valence-corrected chi connectivity index (χ3v) is 3.48. The average Bonchev–Trinajstić information content (AvgIpc) is 2.74. The molecule has 2 unspecified atom stereocenters. The van der Waals surface area contributed by atoms with Crippen LogP contribution in [0.25, 0.3) is 0 Å². The molecule has 0 spiro atoms. The number of halogens is 2. The maximum absolute atomic E-state index is 11.8. The molecular formula is C12H14Cl2N2O2. The molecule has 98 valence electrons. The maximum Gasteiger partial charge on any atom is 0.237 e. The second kappa shape index (κ2) is 5.89. The van der Waals surface area contributed by atoms with E-state index < -0.39 is 6.10 Å². The molecule has 0 aromatic heterocycles. The van der Waals surface area contributed by atoms with Gasteiger partial charge >= 0.3 is 0 Å². The van der Waals surface area contributed by atoms with Gasteiger partial charge in [0.15, 0.2) is 0 Å². The summed E-state index contributed by atoms with van der Waals surface area (Å²) in [7, 11) is 0. The molecule has 0 bridgehead atoms. The molecule has 0 aliphatic carbocycles. The first kappa shape index (κ1) is 13.6. The third kappa shape index (κ3) is 3.36. The summed E-state index contributed by atoms with van der Waals surface area (Å²) >= 11 is 11.8. The zero-order chi connectivity index (χ0) is 13.1. The summed E-state index contributed by atoms with van der Waals surface area (Å²) in [5.74, 6) is -0.127. The van der Waals surface area contributed by atoms with Crippen molar-refractivity contribution in [2.45, 2.75) is 25.1 Å². The summed E-state index contributed by atoms with van der Waals surface area (Å²) in [6.07, 6.45) is 0.0000614. The molecule has 1 aliphatic heterocycles. The minimum Gasteiger partial charge on any atom is -0.392 e. The van der Waals surface area contributed by atoms with Crippen LogP contribution in [0.5, 0.6) is 0 Å². The number of rotatable bonds is 3. The summed E-state index contributed by atoms with van der Waals surface area (Å²) in [6, 6.07) is 4.82. The highest BCUT2D eigenvalue weighted by molar-refractivity contribution is 6.35. The second-order valence-electron chi connectivity index (χ2n) is 4.30. The van der Waals surface area contributed by atoms with E-state index in [0.29, 0.717) is 29.6 Å². The van der Waals surface area contributed by atoms with E-state index in [4.69, 9.17) is 23.2 Å². The van der Waals surface area contributed by atoms with Crippen molar-refractivity contribution in [3.8, 4) is 0 Å². The molecule has 0 saturated carbocycles. The Balaban J connectivity index is 1.89. The number of hydrogen-bond donors (Lipinski definition) is 3. The van der Waals surface area contributed by atoms with Crippen LogP contribution in [0.2, 0.25) is 10.0 Å². The lowest BCUT2D eigenvalue weighted by Crippen LogP contribution is -2.40. The van der Waals surface area contributed by atoms with E-state index >= 15 is 0 Å². The first-order valence-electron chi connectivity index (χ1n) is 5.69. The number of nitrogens with one attached hydrogen (secondary N) is 2. The number of β-amino-alcohol motifs (C(OH)–C–C–N with tert-alkyl or cyclic N) is 1. The van der Waals surface area contributed by atoms with E-state index in [1.807, 2.05) is 0 Å². The molecule has 1 amide bonds. The van der Waals surface area contributed by atoms with Gasteiger partial charge in [0, 0.05) is 23.1 Å². The van der Waals surface area contributed by atoms with Crippen molar-refractivity contribution in [1.29, 1.82) is 0 Å². The Morgan fingerprint density at radius 3 is 2.89 bits per heavy atom. The fourth-order valence-corrected chi connectivity index (χ4v) is 2.36. The summed E-state index contributed by atoms with van der Waals surface area (Å²) in [4.78, 5) is 11.8. The highest BCUT2D eigenvalue weighted by Crippen LogP contribution is 2.20. The largest absolute Gasteiger partial charge is 0.392 e. The smallest absolute Gasteiger partial charge is 0.237 e. The van der Waals surface area contributed by atoms with Gasteiger partial charge in [-0.05, 0) is 24.1 Å². The quantitative estimate of drug-likeness (QED) is 0.787. The maximum atomic E-state index is 11.8. The normalized spacial score (nSPS) is 23.1. The lowest BCUT2D eigenvalue weighted by atomic mass is 10.2. The lowest BCUT2D eigenvalue weighted by Gasteiger charge is -2.11. The zero-order valence-corrected chi connectivity index (χ0v) is 11.1. The van der Waals surface area contributed by atoms with Crippen molar-refractivity contribution in [2.24, 2.45) is 0 Å². The molecule has 1 aromatic rings. The van der Waals surface area contributed by atoms with Gasteiger partial charge < -0.3 is 15.7 Å². The summed E-state index contributed by atoms with van der Waals surface area (Å²) < 4.78 is 0. The second-order valence-corrected chi connectivity index (χ2v) is 5.15. The van der Waals surface area contributed by atoms with E-state index in [1.54, 1.807) is 18.2 Å². The Morgan fingerprint density at radius 1 is 1.50 bits per heavy atom. The molecule has 1 aromatic carbocycles. The van der Waals surface area contributed by atoms with Crippen molar-refractivity contribution >= 4 is 29.1 Å². The van der Waals surface area contributed by atoms with Crippen molar-refractivity contribution in [3.63, 3.8) is 0 Å². The van der Waals surface area contributed by atoms with Crippen LogP contribution in [0.15, 0.2) is 18.2 Å². The number of aliphatic hydroxyl groups excluding tert-OH is 1. The minimum atomic E-state index is -0.445.